The zero-order valence-corrected chi connectivity index (χ0v) is 19.2. The number of halogens is 1. The number of carbonyl (C=O) groups is 1. The Labute approximate surface area is 188 Å². The number of fused-ring (bicyclic) bond motifs is 1. The van der Waals surface area contributed by atoms with Crippen LogP contribution in [-0.2, 0) is 6.54 Å². The number of carbonyl (C=O) groups excluding carboxylic acids is 1. The zero-order chi connectivity index (χ0) is 23.3. The summed E-state index contributed by atoms with van der Waals surface area (Å²) in [7, 11) is 0. The normalized spacial score (nSPS) is 11.2. The first kappa shape index (κ1) is 23.5. The van der Waals surface area contributed by atoms with Crippen molar-refractivity contribution in [3.05, 3.63) is 75.3 Å². The van der Waals surface area contributed by atoms with E-state index >= 15 is 0 Å². The van der Waals surface area contributed by atoms with Gasteiger partial charge < -0.3 is 20.1 Å². The van der Waals surface area contributed by atoms with E-state index in [0.29, 0.717) is 24.3 Å². The fourth-order valence-electron chi connectivity index (χ4n) is 3.83. The summed E-state index contributed by atoms with van der Waals surface area (Å²) in [4.78, 5) is 32.7. The fourth-order valence-corrected chi connectivity index (χ4v) is 3.83. The van der Waals surface area contributed by atoms with Gasteiger partial charge in [-0.1, -0.05) is 19.9 Å². The smallest absolute Gasteiger partial charge is 0.322 e. The molecule has 3 aromatic rings. The quantitative estimate of drug-likeness (QED) is 0.538. The van der Waals surface area contributed by atoms with E-state index in [4.69, 9.17) is 0 Å². The number of aromatic nitrogens is 1. The van der Waals surface area contributed by atoms with Crippen LogP contribution in [0.25, 0.3) is 10.9 Å². The summed E-state index contributed by atoms with van der Waals surface area (Å²) in [6.45, 7) is 11.2. The van der Waals surface area contributed by atoms with Gasteiger partial charge in [0.2, 0.25) is 0 Å². The minimum absolute atomic E-state index is 0.173. The van der Waals surface area contributed by atoms with Crippen molar-refractivity contribution in [1.82, 2.24) is 14.8 Å². The molecule has 0 aliphatic rings. The Balaban J connectivity index is 1.88. The highest BCUT2D eigenvalue weighted by Gasteiger charge is 2.18. The maximum atomic E-state index is 13.2. The van der Waals surface area contributed by atoms with Gasteiger partial charge in [0.15, 0.2) is 0 Å². The molecule has 0 aliphatic carbocycles. The van der Waals surface area contributed by atoms with Gasteiger partial charge in [0.25, 0.3) is 5.56 Å². The van der Waals surface area contributed by atoms with Crippen LogP contribution >= 0.6 is 0 Å². The van der Waals surface area contributed by atoms with Crippen molar-refractivity contribution >= 4 is 22.6 Å². The molecular formula is C25H31FN4O2. The lowest BCUT2D eigenvalue weighted by Gasteiger charge is -2.27. The number of nitrogens with zero attached hydrogens (tertiary/aromatic N) is 2. The molecular weight excluding hydrogens is 407 g/mol. The monoisotopic (exact) mass is 438 g/mol. The number of likely N-dealkylation sites (N-methyl/N-ethyl adjacent to an activating group) is 1. The van der Waals surface area contributed by atoms with Gasteiger partial charge in [-0.15, -0.1) is 0 Å². The Morgan fingerprint density at radius 1 is 1.03 bits per heavy atom. The third kappa shape index (κ3) is 5.73. The molecule has 32 heavy (non-hydrogen) atoms. The standard InChI is InChI=1S/C25H31FN4O2/c1-5-29(6-2)11-12-30(25(32)27-21-9-7-20(26)8-10-21)16-19-15-22-18(4)13-17(3)14-23(22)28-24(19)31/h7-10,13-15H,5-6,11-12,16H2,1-4H3,(H,27,32)(H,28,31). The molecule has 2 aromatic carbocycles. The van der Waals surface area contributed by atoms with Gasteiger partial charge in [-0.25, -0.2) is 9.18 Å². The highest BCUT2D eigenvalue weighted by Crippen LogP contribution is 2.19. The van der Waals surface area contributed by atoms with E-state index in [1.165, 1.54) is 24.3 Å². The van der Waals surface area contributed by atoms with E-state index in [1.807, 2.05) is 26.0 Å². The van der Waals surface area contributed by atoms with Crippen LogP contribution in [0.5, 0.6) is 0 Å². The molecule has 2 amide bonds. The van der Waals surface area contributed by atoms with E-state index in [1.54, 1.807) is 4.90 Å². The van der Waals surface area contributed by atoms with Gasteiger partial charge in [0.1, 0.15) is 5.82 Å². The van der Waals surface area contributed by atoms with Crippen LogP contribution in [0.2, 0.25) is 0 Å². The Morgan fingerprint density at radius 2 is 1.72 bits per heavy atom. The van der Waals surface area contributed by atoms with E-state index in [9.17, 15) is 14.0 Å². The van der Waals surface area contributed by atoms with Crippen molar-refractivity contribution < 1.29 is 9.18 Å². The van der Waals surface area contributed by atoms with Gasteiger partial charge in [-0.2, -0.15) is 0 Å². The number of aromatic amines is 1. The minimum Gasteiger partial charge on any atom is -0.322 e. The molecule has 7 heteroatoms. The third-order valence-electron chi connectivity index (χ3n) is 5.71. The maximum absolute atomic E-state index is 13.2. The maximum Gasteiger partial charge on any atom is 0.322 e. The zero-order valence-electron chi connectivity index (χ0n) is 19.2. The van der Waals surface area contributed by atoms with Crippen LogP contribution in [0.3, 0.4) is 0 Å². The van der Waals surface area contributed by atoms with Crippen LogP contribution in [0.4, 0.5) is 14.9 Å². The molecule has 0 saturated carbocycles. The molecule has 1 heterocycles. The summed E-state index contributed by atoms with van der Waals surface area (Å²) in [5.74, 6) is -0.366. The SMILES string of the molecule is CCN(CC)CCN(Cc1cc2c(C)cc(C)cc2[nH]c1=O)C(=O)Nc1ccc(F)cc1. The molecule has 170 valence electrons. The van der Waals surface area contributed by atoms with Gasteiger partial charge in [0.05, 0.1) is 6.54 Å². The van der Waals surface area contributed by atoms with E-state index in [0.717, 1.165) is 35.1 Å². The number of aryl methyl sites for hydroxylation is 2. The van der Waals surface area contributed by atoms with Crippen LogP contribution in [0, 0.1) is 19.7 Å². The first-order valence-corrected chi connectivity index (χ1v) is 11.0. The second-order valence-electron chi connectivity index (χ2n) is 8.05. The predicted octanol–water partition coefficient (Wildman–Crippen LogP) is 4.66. The average Bonchev–Trinajstić information content (AvgIpc) is 2.75. The molecule has 0 aliphatic heterocycles. The predicted molar refractivity (Wildman–Crippen MR) is 128 cm³/mol. The third-order valence-corrected chi connectivity index (χ3v) is 5.71. The van der Waals surface area contributed by atoms with Crippen LogP contribution < -0.4 is 10.9 Å². The van der Waals surface area contributed by atoms with Gasteiger partial charge in [-0.3, -0.25) is 4.79 Å². The lowest BCUT2D eigenvalue weighted by Crippen LogP contribution is -2.41. The number of pyridine rings is 1. The lowest BCUT2D eigenvalue weighted by atomic mass is 10.0. The summed E-state index contributed by atoms with van der Waals surface area (Å²) < 4.78 is 13.2. The topological polar surface area (TPSA) is 68.4 Å². The van der Waals surface area contributed by atoms with E-state index < -0.39 is 0 Å². The lowest BCUT2D eigenvalue weighted by molar-refractivity contribution is 0.194. The first-order valence-electron chi connectivity index (χ1n) is 11.0. The molecule has 2 N–H and O–H groups in total. The summed E-state index contributed by atoms with van der Waals surface area (Å²) in [6, 6.07) is 11.2. The summed E-state index contributed by atoms with van der Waals surface area (Å²) in [5.41, 5.74) is 3.77. The number of nitrogens with one attached hydrogen (secondary N) is 2. The van der Waals surface area contributed by atoms with Crippen molar-refractivity contribution in [3.8, 4) is 0 Å². The number of amides is 2. The Bertz CT molecular complexity index is 1140. The van der Waals surface area contributed by atoms with Gasteiger partial charge in [-0.05, 0) is 74.5 Å². The molecule has 0 spiro atoms. The van der Waals surface area contributed by atoms with Crippen LogP contribution in [0.1, 0.15) is 30.5 Å². The minimum atomic E-state index is -0.366. The van der Waals surface area contributed by atoms with E-state index in [2.05, 4.69) is 35.1 Å². The fraction of sp³-hybridized carbons (Fsp3) is 0.360. The summed E-state index contributed by atoms with van der Waals surface area (Å²) in [5, 5.41) is 3.78. The molecule has 0 unspecified atom stereocenters. The van der Waals surface area contributed by atoms with Crippen LogP contribution in [0.15, 0.2) is 47.3 Å². The van der Waals surface area contributed by atoms with Gasteiger partial charge >= 0.3 is 6.03 Å². The highest BCUT2D eigenvalue weighted by atomic mass is 19.1. The summed E-state index contributed by atoms with van der Waals surface area (Å²) >= 11 is 0. The second-order valence-corrected chi connectivity index (χ2v) is 8.05. The van der Waals surface area contributed by atoms with Crippen molar-refractivity contribution in [3.63, 3.8) is 0 Å². The van der Waals surface area contributed by atoms with Crippen molar-refractivity contribution in [2.45, 2.75) is 34.2 Å². The van der Waals surface area contributed by atoms with Crippen molar-refractivity contribution in [2.24, 2.45) is 0 Å². The number of hydrogen-bond acceptors (Lipinski definition) is 3. The Morgan fingerprint density at radius 3 is 2.38 bits per heavy atom. The molecule has 0 fully saturated rings. The van der Waals surface area contributed by atoms with Crippen molar-refractivity contribution in [1.29, 1.82) is 0 Å². The van der Waals surface area contributed by atoms with Gasteiger partial charge in [0, 0.05) is 35.2 Å². The van der Waals surface area contributed by atoms with Crippen LogP contribution in [-0.4, -0.2) is 47.0 Å². The van der Waals surface area contributed by atoms with Crippen molar-refractivity contribution in [2.75, 3.05) is 31.5 Å². The molecule has 0 atom stereocenters. The number of hydrogen-bond donors (Lipinski definition) is 2. The van der Waals surface area contributed by atoms with E-state index in [-0.39, 0.29) is 24.0 Å². The molecule has 3 rings (SSSR count). The number of H-pyrrole nitrogens is 1. The molecule has 0 saturated heterocycles. The number of anilines is 1. The number of benzene rings is 2. The largest absolute Gasteiger partial charge is 0.322 e. The average molecular weight is 439 g/mol. The molecule has 0 bridgehead atoms. The Hall–Kier alpha value is -3.19. The second kappa shape index (κ2) is 10.4. The molecule has 0 radical (unpaired) electrons. The molecule has 6 nitrogen and oxygen atoms in total. The number of urea groups is 1. The molecule has 1 aromatic heterocycles. The highest BCUT2D eigenvalue weighted by molar-refractivity contribution is 5.89. The summed E-state index contributed by atoms with van der Waals surface area (Å²) in [6.07, 6.45) is 0. The first-order chi connectivity index (χ1) is 15.3. The Kier molecular flexibility index (Phi) is 7.64. The number of rotatable bonds is 8.